The highest BCUT2D eigenvalue weighted by atomic mass is 16.1. The molecule has 0 aromatic rings. The first-order chi connectivity index (χ1) is 6.75. The van der Waals surface area contributed by atoms with Gasteiger partial charge in [0.25, 0.3) is 0 Å². The van der Waals surface area contributed by atoms with E-state index in [1.807, 2.05) is 6.07 Å². The summed E-state index contributed by atoms with van der Waals surface area (Å²) in [6, 6.07) is 1.86. The highest BCUT2D eigenvalue weighted by molar-refractivity contribution is 5.79. The topological polar surface area (TPSA) is 78.9 Å². The molecule has 4 heteroatoms. The van der Waals surface area contributed by atoms with Gasteiger partial charge in [-0.05, 0) is 12.8 Å². The third kappa shape index (κ3) is 3.00. The van der Waals surface area contributed by atoms with Crippen LogP contribution in [0.2, 0.25) is 0 Å². The van der Waals surface area contributed by atoms with Gasteiger partial charge in [-0.25, -0.2) is 0 Å². The van der Waals surface area contributed by atoms with Gasteiger partial charge in [0.2, 0.25) is 5.91 Å². The van der Waals surface area contributed by atoms with Gasteiger partial charge < -0.3 is 11.1 Å². The van der Waals surface area contributed by atoms with E-state index < -0.39 is 0 Å². The summed E-state index contributed by atoms with van der Waals surface area (Å²) in [6.07, 6.45) is 5.13. The summed E-state index contributed by atoms with van der Waals surface area (Å²) in [6.45, 7) is 0.0854. The Hall–Kier alpha value is -1.08. The van der Waals surface area contributed by atoms with E-state index in [2.05, 4.69) is 5.32 Å². The molecular weight excluding hydrogens is 178 g/mol. The Kier molecular flexibility index (Phi) is 4.41. The van der Waals surface area contributed by atoms with Crippen molar-refractivity contribution in [2.75, 3.05) is 6.54 Å². The van der Waals surface area contributed by atoms with E-state index in [4.69, 9.17) is 11.0 Å². The highest BCUT2D eigenvalue weighted by Crippen LogP contribution is 2.22. The fourth-order valence-electron chi connectivity index (χ4n) is 1.92. The van der Waals surface area contributed by atoms with Crippen LogP contribution in [0.4, 0.5) is 0 Å². The number of carbonyl (C=O) groups excluding carboxylic acids is 1. The predicted molar refractivity (Wildman–Crippen MR) is 53.2 cm³/mol. The van der Waals surface area contributed by atoms with Crippen molar-refractivity contribution in [3.05, 3.63) is 0 Å². The van der Waals surface area contributed by atoms with Crippen LogP contribution in [-0.4, -0.2) is 18.5 Å². The zero-order valence-electron chi connectivity index (χ0n) is 8.33. The molecule has 0 aromatic carbocycles. The second-order valence-corrected chi connectivity index (χ2v) is 3.78. The fourth-order valence-corrected chi connectivity index (χ4v) is 1.92. The average molecular weight is 195 g/mol. The number of hydrogen-bond donors (Lipinski definition) is 2. The number of nitrogens with one attached hydrogen (secondary N) is 1. The van der Waals surface area contributed by atoms with Gasteiger partial charge in [-0.1, -0.05) is 19.3 Å². The summed E-state index contributed by atoms with van der Waals surface area (Å²) < 4.78 is 0. The van der Waals surface area contributed by atoms with Gasteiger partial charge in [0.1, 0.15) is 6.54 Å². The van der Waals surface area contributed by atoms with Crippen LogP contribution in [-0.2, 0) is 4.79 Å². The number of rotatable bonds is 2. The molecule has 3 N–H and O–H groups in total. The molecule has 1 rings (SSSR count). The molecule has 0 bridgehead atoms. The van der Waals surface area contributed by atoms with Crippen LogP contribution in [0.3, 0.4) is 0 Å². The standard InChI is InChI=1S/C10H17N3O/c11-6-7-13-10(14)8-4-2-1-3-5-9(8)12/h8-9H,1-5,7,12H2,(H,13,14)/t8-,9+/m1/s1. The summed E-state index contributed by atoms with van der Waals surface area (Å²) in [7, 11) is 0. The van der Waals surface area contributed by atoms with Gasteiger partial charge in [-0.3, -0.25) is 4.79 Å². The number of nitriles is 1. The Morgan fingerprint density at radius 2 is 2.14 bits per heavy atom. The minimum atomic E-state index is -0.0918. The minimum absolute atomic E-state index is 0.0313. The van der Waals surface area contributed by atoms with Gasteiger partial charge in [0.05, 0.1) is 12.0 Å². The van der Waals surface area contributed by atoms with E-state index in [1.54, 1.807) is 0 Å². The molecule has 0 saturated heterocycles. The molecule has 1 saturated carbocycles. The van der Waals surface area contributed by atoms with Crippen molar-refractivity contribution >= 4 is 5.91 Å². The van der Waals surface area contributed by atoms with Gasteiger partial charge in [0.15, 0.2) is 0 Å². The van der Waals surface area contributed by atoms with Crippen LogP contribution < -0.4 is 11.1 Å². The Morgan fingerprint density at radius 3 is 2.86 bits per heavy atom. The first-order valence-corrected chi connectivity index (χ1v) is 5.16. The van der Waals surface area contributed by atoms with Gasteiger partial charge in [-0.15, -0.1) is 0 Å². The maximum Gasteiger partial charge on any atom is 0.225 e. The van der Waals surface area contributed by atoms with Gasteiger partial charge >= 0.3 is 0 Å². The third-order valence-electron chi connectivity index (χ3n) is 2.75. The fraction of sp³-hybridized carbons (Fsp3) is 0.800. The lowest BCUT2D eigenvalue weighted by atomic mass is 9.95. The molecule has 0 aromatic heterocycles. The van der Waals surface area contributed by atoms with Crippen molar-refractivity contribution in [1.82, 2.24) is 5.32 Å². The molecule has 0 aliphatic heterocycles. The molecule has 1 fully saturated rings. The molecule has 0 unspecified atom stereocenters. The van der Waals surface area contributed by atoms with Crippen molar-refractivity contribution in [2.45, 2.75) is 38.1 Å². The lowest BCUT2D eigenvalue weighted by Gasteiger charge is -2.19. The molecule has 0 spiro atoms. The molecule has 1 amide bonds. The normalized spacial score (nSPS) is 27.4. The van der Waals surface area contributed by atoms with Crippen LogP contribution in [0.5, 0.6) is 0 Å². The Balaban J connectivity index is 2.46. The zero-order valence-corrected chi connectivity index (χ0v) is 8.33. The van der Waals surface area contributed by atoms with Crippen molar-refractivity contribution in [3.63, 3.8) is 0 Å². The molecule has 1 aliphatic rings. The molecule has 1 aliphatic carbocycles. The van der Waals surface area contributed by atoms with E-state index in [0.29, 0.717) is 0 Å². The molecule has 14 heavy (non-hydrogen) atoms. The van der Waals surface area contributed by atoms with Crippen LogP contribution >= 0.6 is 0 Å². The van der Waals surface area contributed by atoms with E-state index in [1.165, 1.54) is 0 Å². The number of carbonyl (C=O) groups is 1. The van der Waals surface area contributed by atoms with E-state index in [0.717, 1.165) is 32.1 Å². The first-order valence-electron chi connectivity index (χ1n) is 5.16. The van der Waals surface area contributed by atoms with Crippen LogP contribution in [0.25, 0.3) is 0 Å². The summed E-state index contributed by atoms with van der Waals surface area (Å²) in [5.41, 5.74) is 5.91. The molecule has 0 radical (unpaired) electrons. The molecule has 0 heterocycles. The monoisotopic (exact) mass is 195 g/mol. The van der Waals surface area contributed by atoms with Gasteiger partial charge in [-0.2, -0.15) is 5.26 Å². The first kappa shape index (κ1) is 11.0. The van der Waals surface area contributed by atoms with Crippen molar-refractivity contribution in [2.24, 2.45) is 11.7 Å². The molecule has 2 atom stereocenters. The second-order valence-electron chi connectivity index (χ2n) is 3.78. The molecule has 4 nitrogen and oxygen atoms in total. The largest absolute Gasteiger partial charge is 0.343 e. The summed E-state index contributed by atoms with van der Waals surface area (Å²) in [5, 5.41) is 10.9. The molecular formula is C10H17N3O. The number of nitrogens with zero attached hydrogens (tertiary/aromatic N) is 1. The van der Waals surface area contributed by atoms with Crippen molar-refractivity contribution in [1.29, 1.82) is 5.26 Å². The number of hydrogen-bond acceptors (Lipinski definition) is 3. The maximum absolute atomic E-state index is 11.6. The summed E-state index contributed by atoms with van der Waals surface area (Å²) >= 11 is 0. The third-order valence-corrected chi connectivity index (χ3v) is 2.75. The summed E-state index contributed by atoms with van der Waals surface area (Å²) in [5.74, 6) is -0.146. The Morgan fingerprint density at radius 1 is 1.43 bits per heavy atom. The lowest BCUT2D eigenvalue weighted by Crippen LogP contribution is -2.41. The summed E-state index contributed by atoms with van der Waals surface area (Å²) in [4.78, 5) is 11.6. The minimum Gasteiger partial charge on any atom is -0.343 e. The van der Waals surface area contributed by atoms with E-state index in [-0.39, 0.29) is 24.4 Å². The lowest BCUT2D eigenvalue weighted by molar-refractivity contribution is -0.125. The number of nitrogens with two attached hydrogens (primary N) is 1. The average Bonchev–Trinajstić information content (AvgIpc) is 2.39. The molecule has 78 valence electrons. The second kappa shape index (κ2) is 5.61. The Labute approximate surface area is 84.5 Å². The van der Waals surface area contributed by atoms with Crippen LogP contribution in [0.15, 0.2) is 0 Å². The van der Waals surface area contributed by atoms with E-state index in [9.17, 15) is 4.79 Å². The zero-order chi connectivity index (χ0) is 10.4. The number of amides is 1. The van der Waals surface area contributed by atoms with Crippen molar-refractivity contribution < 1.29 is 4.79 Å². The smallest absolute Gasteiger partial charge is 0.225 e. The maximum atomic E-state index is 11.6. The van der Waals surface area contributed by atoms with Crippen LogP contribution in [0, 0.1) is 17.2 Å². The van der Waals surface area contributed by atoms with Crippen molar-refractivity contribution in [3.8, 4) is 6.07 Å². The highest BCUT2D eigenvalue weighted by Gasteiger charge is 2.26. The van der Waals surface area contributed by atoms with Crippen LogP contribution in [0.1, 0.15) is 32.1 Å². The van der Waals surface area contributed by atoms with Gasteiger partial charge in [0, 0.05) is 6.04 Å². The quantitative estimate of drug-likeness (QED) is 0.498. The Bertz CT molecular complexity index is 234. The SMILES string of the molecule is N#CCNC(=O)[C@@H]1CCCCC[C@@H]1N. The predicted octanol–water partition coefficient (Wildman–Crippen LogP) is 0.534. The van der Waals surface area contributed by atoms with E-state index >= 15 is 0 Å².